The van der Waals surface area contributed by atoms with E-state index >= 15 is 0 Å². The quantitative estimate of drug-likeness (QED) is 0.785. The Morgan fingerprint density at radius 3 is 2.47 bits per heavy atom. The molecule has 1 heterocycles. The Balaban J connectivity index is 2.21. The molecule has 1 aliphatic heterocycles. The van der Waals surface area contributed by atoms with Crippen LogP contribution in [0.1, 0.15) is 23.2 Å². The van der Waals surface area contributed by atoms with Gasteiger partial charge in [0.05, 0.1) is 19.8 Å². The Kier molecular flexibility index (Phi) is 4.10. The van der Waals surface area contributed by atoms with E-state index in [0.717, 1.165) is 25.9 Å². The third-order valence-electron chi connectivity index (χ3n) is 3.40. The van der Waals surface area contributed by atoms with Crippen LogP contribution in [-0.2, 0) is 0 Å². The van der Waals surface area contributed by atoms with Gasteiger partial charge < -0.3 is 14.4 Å². The molecule has 0 aromatic heterocycles. The molecular formula is C15H19NO3. The summed E-state index contributed by atoms with van der Waals surface area (Å²) in [5.41, 5.74) is 1.79. The maximum Gasteiger partial charge on any atom is 0.257 e. The topological polar surface area (TPSA) is 38.8 Å². The predicted octanol–water partition coefficient (Wildman–Crippen LogP) is 2.50. The largest absolute Gasteiger partial charge is 0.497 e. The monoisotopic (exact) mass is 261 g/mol. The number of hydrogen-bond donors (Lipinski definition) is 0. The lowest BCUT2D eigenvalue weighted by atomic mass is 10.0. The number of carbonyl (C=O) groups is 1. The molecule has 0 N–H and O–H groups in total. The number of rotatable bonds is 3. The molecule has 1 aromatic carbocycles. The summed E-state index contributed by atoms with van der Waals surface area (Å²) in [6.45, 7) is 5.42. The summed E-state index contributed by atoms with van der Waals surface area (Å²) in [5, 5.41) is 0. The highest BCUT2D eigenvalue weighted by molar-refractivity contribution is 5.97. The van der Waals surface area contributed by atoms with E-state index in [1.54, 1.807) is 32.4 Å². The van der Waals surface area contributed by atoms with Gasteiger partial charge in [-0.25, -0.2) is 0 Å². The van der Waals surface area contributed by atoms with E-state index in [2.05, 4.69) is 6.58 Å². The van der Waals surface area contributed by atoms with Gasteiger partial charge in [0.15, 0.2) is 0 Å². The molecule has 1 amide bonds. The Bertz CT molecular complexity index is 486. The molecule has 0 aliphatic carbocycles. The van der Waals surface area contributed by atoms with Crippen LogP contribution in [0.4, 0.5) is 0 Å². The Hall–Kier alpha value is -1.97. The number of ether oxygens (including phenoxy) is 2. The first-order valence-electron chi connectivity index (χ1n) is 6.33. The number of likely N-dealkylation sites (tertiary alicyclic amines) is 1. The van der Waals surface area contributed by atoms with Crippen molar-refractivity contribution < 1.29 is 14.3 Å². The molecule has 19 heavy (non-hydrogen) atoms. The summed E-state index contributed by atoms with van der Waals surface area (Å²) in [6.07, 6.45) is 1.76. The van der Waals surface area contributed by atoms with E-state index in [0.29, 0.717) is 17.1 Å². The van der Waals surface area contributed by atoms with Crippen LogP contribution in [0.5, 0.6) is 11.5 Å². The van der Waals surface area contributed by atoms with Gasteiger partial charge in [-0.05, 0) is 25.0 Å². The van der Waals surface area contributed by atoms with E-state index < -0.39 is 0 Å². The molecule has 2 rings (SSSR count). The standard InChI is InChI=1S/C15H19NO3/c1-11-6-8-16(9-7-11)15(17)13-5-4-12(18-2)10-14(13)19-3/h4-5,10H,1,6-9H2,2-3H3. The third kappa shape index (κ3) is 2.89. The fraction of sp³-hybridized carbons (Fsp3) is 0.400. The lowest BCUT2D eigenvalue weighted by molar-refractivity contribution is 0.0740. The first-order chi connectivity index (χ1) is 9.15. The van der Waals surface area contributed by atoms with Crippen molar-refractivity contribution in [1.82, 2.24) is 4.90 Å². The molecule has 1 fully saturated rings. The number of methoxy groups -OCH3 is 2. The number of hydrogen-bond acceptors (Lipinski definition) is 3. The zero-order valence-corrected chi connectivity index (χ0v) is 11.4. The first kappa shape index (κ1) is 13.5. The molecule has 0 spiro atoms. The summed E-state index contributed by atoms with van der Waals surface area (Å²) in [4.78, 5) is 14.3. The van der Waals surface area contributed by atoms with E-state index in [1.165, 1.54) is 5.57 Å². The van der Waals surface area contributed by atoms with Crippen molar-refractivity contribution in [2.24, 2.45) is 0 Å². The minimum atomic E-state index is 0.00648. The van der Waals surface area contributed by atoms with Crippen molar-refractivity contribution in [2.45, 2.75) is 12.8 Å². The lowest BCUT2D eigenvalue weighted by Crippen LogP contribution is -2.36. The van der Waals surface area contributed by atoms with E-state index in [1.807, 2.05) is 4.90 Å². The number of piperidine rings is 1. The van der Waals surface area contributed by atoms with Gasteiger partial charge in [0.2, 0.25) is 0 Å². The molecule has 0 bridgehead atoms. The molecule has 102 valence electrons. The smallest absolute Gasteiger partial charge is 0.257 e. The zero-order valence-electron chi connectivity index (χ0n) is 11.4. The van der Waals surface area contributed by atoms with Crippen molar-refractivity contribution in [3.63, 3.8) is 0 Å². The Morgan fingerprint density at radius 2 is 1.89 bits per heavy atom. The second-order valence-electron chi connectivity index (χ2n) is 4.61. The van der Waals surface area contributed by atoms with Crippen molar-refractivity contribution in [3.05, 3.63) is 35.9 Å². The van der Waals surface area contributed by atoms with Crippen molar-refractivity contribution in [2.75, 3.05) is 27.3 Å². The van der Waals surface area contributed by atoms with Crippen molar-refractivity contribution in [3.8, 4) is 11.5 Å². The highest BCUT2D eigenvalue weighted by Gasteiger charge is 2.22. The molecule has 1 saturated heterocycles. The average molecular weight is 261 g/mol. The number of nitrogens with zero attached hydrogens (tertiary/aromatic N) is 1. The molecule has 0 radical (unpaired) electrons. The number of carbonyl (C=O) groups excluding carboxylic acids is 1. The molecular weight excluding hydrogens is 242 g/mol. The summed E-state index contributed by atoms with van der Waals surface area (Å²) in [5.74, 6) is 1.24. The fourth-order valence-corrected chi connectivity index (χ4v) is 2.17. The molecule has 4 nitrogen and oxygen atoms in total. The van der Waals surface area contributed by atoms with Crippen LogP contribution >= 0.6 is 0 Å². The first-order valence-corrected chi connectivity index (χ1v) is 6.33. The molecule has 4 heteroatoms. The normalized spacial score (nSPS) is 15.3. The minimum Gasteiger partial charge on any atom is -0.497 e. The SMILES string of the molecule is C=C1CCN(C(=O)c2ccc(OC)cc2OC)CC1. The molecule has 0 unspecified atom stereocenters. The van der Waals surface area contributed by atoms with Crippen LogP contribution in [0.25, 0.3) is 0 Å². The second-order valence-corrected chi connectivity index (χ2v) is 4.61. The lowest BCUT2D eigenvalue weighted by Gasteiger charge is -2.28. The van der Waals surface area contributed by atoms with Crippen molar-refractivity contribution >= 4 is 5.91 Å². The van der Waals surface area contributed by atoms with Crippen LogP contribution in [0.3, 0.4) is 0 Å². The van der Waals surface area contributed by atoms with E-state index in [-0.39, 0.29) is 5.91 Å². The van der Waals surface area contributed by atoms with Crippen molar-refractivity contribution in [1.29, 1.82) is 0 Å². The minimum absolute atomic E-state index is 0.00648. The van der Waals surface area contributed by atoms with Gasteiger partial charge in [-0.15, -0.1) is 0 Å². The van der Waals surface area contributed by atoms with Gasteiger partial charge in [0.25, 0.3) is 5.91 Å². The summed E-state index contributed by atoms with van der Waals surface area (Å²) < 4.78 is 10.4. The predicted molar refractivity (Wildman–Crippen MR) is 73.8 cm³/mol. The maximum atomic E-state index is 12.5. The molecule has 0 saturated carbocycles. The fourth-order valence-electron chi connectivity index (χ4n) is 2.17. The van der Waals surface area contributed by atoms with Gasteiger partial charge in [0, 0.05) is 19.2 Å². The van der Waals surface area contributed by atoms with Crippen LogP contribution in [0.15, 0.2) is 30.4 Å². The van der Waals surface area contributed by atoms with Gasteiger partial charge in [-0.1, -0.05) is 12.2 Å². The summed E-state index contributed by atoms with van der Waals surface area (Å²) >= 11 is 0. The number of benzene rings is 1. The van der Waals surface area contributed by atoms with Gasteiger partial charge in [-0.2, -0.15) is 0 Å². The van der Waals surface area contributed by atoms with Gasteiger partial charge >= 0.3 is 0 Å². The Labute approximate surface area is 113 Å². The average Bonchev–Trinajstić information content (AvgIpc) is 2.46. The summed E-state index contributed by atoms with van der Waals surface area (Å²) in [6, 6.07) is 5.26. The highest BCUT2D eigenvalue weighted by Crippen LogP contribution is 2.27. The van der Waals surface area contributed by atoms with Crippen LogP contribution < -0.4 is 9.47 Å². The third-order valence-corrected chi connectivity index (χ3v) is 3.40. The summed E-state index contributed by atoms with van der Waals surface area (Å²) in [7, 11) is 3.15. The molecule has 1 aromatic rings. The number of amides is 1. The molecule has 1 aliphatic rings. The maximum absolute atomic E-state index is 12.5. The Morgan fingerprint density at radius 1 is 1.21 bits per heavy atom. The van der Waals surface area contributed by atoms with Crippen LogP contribution in [-0.4, -0.2) is 38.1 Å². The molecule has 0 atom stereocenters. The van der Waals surface area contributed by atoms with Gasteiger partial charge in [-0.3, -0.25) is 4.79 Å². The van der Waals surface area contributed by atoms with E-state index in [9.17, 15) is 4.79 Å². The van der Waals surface area contributed by atoms with E-state index in [4.69, 9.17) is 9.47 Å². The second kappa shape index (κ2) is 5.78. The van der Waals surface area contributed by atoms with Gasteiger partial charge in [0.1, 0.15) is 11.5 Å². The van der Waals surface area contributed by atoms with Crippen LogP contribution in [0.2, 0.25) is 0 Å². The highest BCUT2D eigenvalue weighted by atomic mass is 16.5. The van der Waals surface area contributed by atoms with Crippen LogP contribution in [0, 0.1) is 0 Å². The zero-order chi connectivity index (χ0) is 13.8.